The van der Waals surface area contributed by atoms with Gasteiger partial charge in [-0.15, -0.1) is 5.26 Å². The summed E-state index contributed by atoms with van der Waals surface area (Å²) in [5.74, 6) is 0.581. The number of nitriles is 1. The Balaban J connectivity index is 2.66. The molecule has 1 rings (SSSR count). The first-order valence-electron chi connectivity index (χ1n) is 3.66. The molecular formula is C9H10N2O. The lowest BCUT2D eigenvalue weighted by molar-refractivity contribution is 0.507. The quantitative estimate of drug-likeness (QED) is 0.680. The van der Waals surface area contributed by atoms with Crippen LogP contribution >= 0.6 is 0 Å². The molecule has 0 spiro atoms. The van der Waals surface area contributed by atoms with E-state index in [2.05, 4.69) is 10.1 Å². The lowest BCUT2D eigenvalue weighted by Gasteiger charge is -1.99. The summed E-state index contributed by atoms with van der Waals surface area (Å²) in [6.45, 7) is 0.826. The van der Waals surface area contributed by atoms with Gasteiger partial charge in [-0.05, 0) is 24.7 Å². The Morgan fingerprint density at radius 2 is 2.08 bits per heavy atom. The zero-order valence-corrected chi connectivity index (χ0v) is 6.87. The molecule has 3 heteroatoms. The highest BCUT2D eigenvalue weighted by molar-refractivity contribution is 5.27. The van der Waals surface area contributed by atoms with Crippen molar-refractivity contribution in [2.24, 2.45) is 0 Å². The highest BCUT2D eigenvalue weighted by Gasteiger charge is 1.92. The highest BCUT2D eigenvalue weighted by atomic mass is 16.5. The minimum Gasteiger partial charge on any atom is -0.388 e. The molecule has 0 fully saturated rings. The van der Waals surface area contributed by atoms with Crippen LogP contribution in [0.5, 0.6) is 5.75 Å². The Morgan fingerprint density at radius 1 is 1.42 bits per heavy atom. The minimum absolute atomic E-state index is 0.581. The van der Waals surface area contributed by atoms with Crippen molar-refractivity contribution in [2.75, 3.05) is 7.05 Å². The van der Waals surface area contributed by atoms with E-state index >= 15 is 0 Å². The Kier molecular flexibility index (Phi) is 3.12. The first kappa shape index (κ1) is 8.57. The van der Waals surface area contributed by atoms with Gasteiger partial charge >= 0.3 is 0 Å². The van der Waals surface area contributed by atoms with Gasteiger partial charge in [0, 0.05) is 6.54 Å². The molecule has 0 aliphatic rings. The van der Waals surface area contributed by atoms with Gasteiger partial charge in [0.15, 0.2) is 0 Å². The molecule has 1 N–H and O–H groups in total. The molecule has 0 bridgehead atoms. The summed E-state index contributed by atoms with van der Waals surface area (Å²) in [6.07, 6.45) is 1.62. The van der Waals surface area contributed by atoms with Crippen molar-refractivity contribution < 1.29 is 4.74 Å². The number of ether oxygens (including phenoxy) is 1. The van der Waals surface area contributed by atoms with Crippen LogP contribution in [0.4, 0.5) is 0 Å². The van der Waals surface area contributed by atoms with Crippen LogP contribution in [-0.4, -0.2) is 7.05 Å². The van der Waals surface area contributed by atoms with E-state index in [1.54, 1.807) is 18.4 Å². The van der Waals surface area contributed by atoms with Crippen LogP contribution in [0.15, 0.2) is 24.3 Å². The summed E-state index contributed by atoms with van der Waals surface area (Å²) < 4.78 is 4.62. The van der Waals surface area contributed by atoms with E-state index < -0.39 is 0 Å². The molecule has 0 heterocycles. The predicted molar refractivity (Wildman–Crippen MR) is 45.4 cm³/mol. The summed E-state index contributed by atoms with van der Waals surface area (Å²) in [7, 11) is 1.89. The highest BCUT2D eigenvalue weighted by Crippen LogP contribution is 2.11. The zero-order chi connectivity index (χ0) is 8.81. The van der Waals surface area contributed by atoms with Gasteiger partial charge in [-0.3, -0.25) is 0 Å². The summed E-state index contributed by atoms with van der Waals surface area (Å²) >= 11 is 0. The second-order valence-electron chi connectivity index (χ2n) is 2.37. The van der Waals surface area contributed by atoms with Gasteiger partial charge < -0.3 is 10.1 Å². The molecule has 0 amide bonds. The fraction of sp³-hybridized carbons (Fsp3) is 0.222. The molecule has 0 unspecified atom stereocenters. The first-order chi connectivity index (χ1) is 5.86. The molecule has 62 valence electrons. The zero-order valence-electron chi connectivity index (χ0n) is 6.87. The van der Waals surface area contributed by atoms with Gasteiger partial charge in [0.2, 0.25) is 0 Å². The van der Waals surface area contributed by atoms with Crippen LogP contribution in [0.1, 0.15) is 5.56 Å². The normalized spacial score (nSPS) is 9.00. The van der Waals surface area contributed by atoms with Gasteiger partial charge in [0.1, 0.15) is 5.75 Å². The summed E-state index contributed by atoms with van der Waals surface area (Å²) in [5, 5.41) is 11.2. The third-order valence-corrected chi connectivity index (χ3v) is 1.47. The Labute approximate surface area is 71.6 Å². The number of nitrogens with zero attached hydrogens (tertiary/aromatic N) is 1. The third kappa shape index (κ3) is 2.26. The van der Waals surface area contributed by atoms with Gasteiger partial charge in [-0.25, -0.2) is 0 Å². The summed E-state index contributed by atoms with van der Waals surface area (Å²) in [5.41, 5.74) is 1.17. The fourth-order valence-electron chi connectivity index (χ4n) is 0.932. The molecule has 0 radical (unpaired) electrons. The smallest absolute Gasteiger partial charge is 0.292 e. The number of hydrogen-bond donors (Lipinski definition) is 1. The van der Waals surface area contributed by atoms with Crippen molar-refractivity contribution in [1.82, 2.24) is 5.32 Å². The van der Waals surface area contributed by atoms with Crippen LogP contribution in [0, 0.1) is 11.5 Å². The summed E-state index contributed by atoms with van der Waals surface area (Å²) in [6, 6.07) is 7.39. The molecular weight excluding hydrogens is 152 g/mol. The van der Waals surface area contributed by atoms with Crippen molar-refractivity contribution in [3.63, 3.8) is 0 Å². The maximum atomic E-state index is 8.21. The maximum absolute atomic E-state index is 8.21. The van der Waals surface area contributed by atoms with E-state index in [4.69, 9.17) is 5.26 Å². The van der Waals surface area contributed by atoms with Crippen molar-refractivity contribution in [3.8, 4) is 12.0 Å². The second-order valence-corrected chi connectivity index (χ2v) is 2.37. The number of benzene rings is 1. The van der Waals surface area contributed by atoms with Gasteiger partial charge in [0.05, 0.1) is 0 Å². The average Bonchev–Trinajstić information content (AvgIpc) is 2.09. The molecule has 3 nitrogen and oxygen atoms in total. The largest absolute Gasteiger partial charge is 0.388 e. The molecule has 1 aromatic rings. The van der Waals surface area contributed by atoms with E-state index in [-0.39, 0.29) is 0 Å². The van der Waals surface area contributed by atoms with Crippen LogP contribution in [0.2, 0.25) is 0 Å². The van der Waals surface area contributed by atoms with E-state index in [0.717, 1.165) is 6.54 Å². The van der Waals surface area contributed by atoms with E-state index in [9.17, 15) is 0 Å². The summed E-state index contributed by atoms with van der Waals surface area (Å²) in [4.78, 5) is 0. The van der Waals surface area contributed by atoms with Crippen LogP contribution < -0.4 is 10.1 Å². The number of rotatable bonds is 3. The van der Waals surface area contributed by atoms with Crippen molar-refractivity contribution in [1.29, 1.82) is 5.26 Å². The van der Waals surface area contributed by atoms with Crippen molar-refractivity contribution >= 4 is 0 Å². The van der Waals surface area contributed by atoms with Crippen LogP contribution in [0.25, 0.3) is 0 Å². The van der Waals surface area contributed by atoms with Gasteiger partial charge in [-0.2, -0.15) is 0 Å². The van der Waals surface area contributed by atoms with E-state index in [0.29, 0.717) is 5.75 Å². The van der Waals surface area contributed by atoms with Crippen molar-refractivity contribution in [3.05, 3.63) is 29.8 Å². The topological polar surface area (TPSA) is 45.0 Å². The monoisotopic (exact) mass is 162 g/mol. The number of hydrogen-bond acceptors (Lipinski definition) is 3. The van der Waals surface area contributed by atoms with E-state index in [1.165, 1.54) is 5.56 Å². The first-order valence-corrected chi connectivity index (χ1v) is 3.66. The molecule has 0 saturated carbocycles. The molecule has 12 heavy (non-hydrogen) atoms. The number of nitrogens with one attached hydrogen (secondary N) is 1. The Hall–Kier alpha value is -1.53. The Morgan fingerprint density at radius 3 is 2.58 bits per heavy atom. The molecule has 0 aromatic heterocycles. The molecule has 0 aliphatic carbocycles. The predicted octanol–water partition coefficient (Wildman–Crippen LogP) is 1.27. The van der Waals surface area contributed by atoms with Crippen LogP contribution in [-0.2, 0) is 6.54 Å². The Bertz CT molecular complexity index is 274. The van der Waals surface area contributed by atoms with Crippen molar-refractivity contribution in [2.45, 2.75) is 6.54 Å². The molecule has 1 aromatic carbocycles. The van der Waals surface area contributed by atoms with Gasteiger partial charge in [-0.1, -0.05) is 12.1 Å². The lowest BCUT2D eigenvalue weighted by atomic mass is 10.2. The standard InChI is InChI=1S/C9H10N2O/c1-11-6-8-2-4-9(5-3-8)12-7-10/h2-5,11H,6H2,1H3. The van der Waals surface area contributed by atoms with E-state index in [1.807, 2.05) is 19.2 Å². The minimum atomic E-state index is 0.581. The SMILES string of the molecule is CNCc1ccc(OC#N)cc1. The lowest BCUT2D eigenvalue weighted by Crippen LogP contribution is -2.04. The molecule has 0 aliphatic heterocycles. The van der Waals surface area contributed by atoms with Crippen LogP contribution in [0.3, 0.4) is 0 Å². The second kappa shape index (κ2) is 4.37. The molecule has 0 saturated heterocycles. The molecule has 0 atom stereocenters. The van der Waals surface area contributed by atoms with Gasteiger partial charge in [0.25, 0.3) is 6.26 Å². The fourth-order valence-corrected chi connectivity index (χ4v) is 0.932. The maximum Gasteiger partial charge on any atom is 0.292 e. The third-order valence-electron chi connectivity index (χ3n) is 1.47. The average molecular weight is 162 g/mol.